The molecule has 2 aromatic rings. The lowest BCUT2D eigenvalue weighted by atomic mass is 10.2. The molecule has 0 atom stereocenters. The Kier molecular flexibility index (Phi) is 3.50. The van der Waals surface area contributed by atoms with Crippen LogP contribution in [0.5, 0.6) is 0 Å². The van der Waals surface area contributed by atoms with E-state index in [1.807, 2.05) is 0 Å². The fraction of sp³-hybridized carbons (Fsp3) is 0.538. The van der Waals surface area contributed by atoms with Crippen LogP contribution in [-0.2, 0) is 24.2 Å². The van der Waals surface area contributed by atoms with Crippen molar-refractivity contribution in [3.63, 3.8) is 0 Å². The highest BCUT2D eigenvalue weighted by Crippen LogP contribution is 2.39. The van der Waals surface area contributed by atoms with Gasteiger partial charge >= 0.3 is 0 Å². The van der Waals surface area contributed by atoms with Crippen LogP contribution < -0.4 is 0 Å². The molecule has 0 bridgehead atoms. The summed E-state index contributed by atoms with van der Waals surface area (Å²) in [6, 6.07) is 0. The van der Waals surface area contributed by atoms with Crippen molar-refractivity contribution in [2.45, 2.75) is 39.2 Å². The number of hydrogen-bond donors (Lipinski definition) is 0. The zero-order valence-corrected chi connectivity index (χ0v) is 11.9. The van der Waals surface area contributed by atoms with Crippen LogP contribution in [0, 0.1) is 0 Å². The van der Waals surface area contributed by atoms with Gasteiger partial charge in [0.2, 0.25) is 0 Å². The minimum atomic E-state index is 0.450. The van der Waals surface area contributed by atoms with E-state index in [1.165, 1.54) is 16.9 Å². The second-order valence-electron chi connectivity index (χ2n) is 4.52. The van der Waals surface area contributed by atoms with Crippen LogP contribution in [0.15, 0.2) is 0 Å². The van der Waals surface area contributed by atoms with Crippen LogP contribution in [-0.4, -0.2) is 16.6 Å². The maximum atomic E-state index is 6.30. The van der Waals surface area contributed by atoms with Crippen LogP contribution in [0.4, 0.5) is 0 Å². The molecule has 3 nitrogen and oxygen atoms in total. The van der Waals surface area contributed by atoms with E-state index >= 15 is 0 Å². The van der Waals surface area contributed by atoms with Crippen molar-refractivity contribution in [3.05, 3.63) is 21.4 Å². The molecular formula is C13H15ClN2OS. The van der Waals surface area contributed by atoms with E-state index < -0.39 is 0 Å². The highest BCUT2D eigenvalue weighted by molar-refractivity contribution is 7.19. The van der Waals surface area contributed by atoms with Gasteiger partial charge in [-0.15, -0.1) is 11.3 Å². The zero-order chi connectivity index (χ0) is 12.5. The highest BCUT2D eigenvalue weighted by atomic mass is 35.5. The van der Waals surface area contributed by atoms with Crippen LogP contribution in [0.1, 0.15) is 36.0 Å². The van der Waals surface area contributed by atoms with Gasteiger partial charge in [-0.25, -0.2) is 9.97 Å². The summed E-state index contributed by atoms with van der Waals surface area (Å²) in [5, 5.41) is 1.67. The van der Waals surface area contributed by atoms with Crippen molar-refractivity contribution >= 4 is 33.2 Å². The minimum Gasteiger partial charge on any atom is -0.373 e. The minimum absolute atomic E-state index is 0.450. The molecule has 2 aromatic heterocycles. The van der Waals surface area contributed by atoms with Crippen molar-refractivity contribution in [1.82, 2.24) is 9.97 Å². The number of ether oxygens (including phenoxy) is 1. The summed E-state index contributed by atoms with van der Waals surface area (Å²) < 4.78 is 5.47. The summed E-state index contributed by atoms with van der Waals surface area (Å²) in [4.78, 5) is 11.4. The lowest BCUT2D eigenvalue weighted by Gasteiger charge is -2.03. The first-order valence-corrected chi connectivity index (χ1v) is 7.53. The van der Waals surface area contributed by atoms with Crippen molar-refractivity contribution < 1.29 is 4.74 Å². The van der Waals surface area contributed by atoms with Gasteiger partial charge in [-0.05, 0) is 31.2 Å². The van der Waals surface area contributed by atoms with Crippen LogP contribution in [0.2, 0.25) is 5.15 Å². The number of nitrogens with zero attached hydrogens (tertiary/aromatic N) is 2. The number of halogens is 1. The zero-order valence-electron chi connectivity index (χ0n) is 10.3. The molecule has 0 saturated carbocycles. The fourth-order valence-corrected chi connectivity index (χ4v) is 4.00. The Bertz CT molecular complexity index is 582. The molecule has 0 aromatic carbocycles. The monoisotopic (exact) mass is 282 g/mol. The predicted octanol–water partition coefficient (Wildman–Crippen LogP) is 3.76. The van der Waals surface area contributed by atoms with E-state index in [4.69, 9.17) is 16.3 Å². The first-order valence-electron chi connectivity index (χ1n) is 6.34. The molecule has 0 spiro atoms. The number of aryl methyl sites for hydroxylation is 2. The second-order valence-corrected chi connectivity index (χ2v) is 5.96. The van der Waals surface area contributed by atoms with Gasteiger partial charge in [-0.3, -0.25) is 0 Å². The predicted molar refractivity (Wildman–Crippen MR) is 74.4 cm³/mol. The highest BCUT2D eigenvalue weighted by Gasteiger charge is 2.21. The SMILES string of the molecule is CCCOCc1nc(Cl)c2c3c(sc2n1)CCC3. The standard InChI is InChI=1S/C13H15ClN2OS/c1-2-6-17-7-10-15-12(14)11-8-4-3-5-9(8)18-13(11)16-10/h2-7H2,1H3. The second kappa shape index (κ2) is 5.11. The molecule has 1 aliphatic carbocycles. The number of rotatable bonds is 4. The van der Waals surface area contributed by atoms with E-state index in [2.05, 4.69) is 16.9 Å². The van der Waals surface area contributed by atoms with Gasteiger partial charge < -0.3 is 4.74 Å². The number of fused-ring (bicyclic) bond motifs is 3. The van der Waals surface area contributed by atoms with Gasteiger partial charge in [-0.1, -0.05) is 18.5 Å². The maximum absolute atomic E-state index is 6.30. The summed E-state index contributed by atoms with van der Waals surface area (Å²) >= 11 is 8.06. The van der Waals surface area contributed by atoms with E-state index in [-0.39, 0.29) is 0 Å². The van der Waals surface area contributed by atoms with Crippen molar-refractivity contribution in [1.29, 1.82) is 0 Å². The Balaban J connectivity index is 1.96. The van der Waals surface area contributed by atoms with Gasteiger partial charge in [0.1, 0.15) is 16.6 Å². The van der Waals surface area contributed by atoms with Crippen molar-refractivity contribution in [2.75, 3.05) is 6.61 Å². The average molecular weight is 283 g/mol. The molecule has 0 N–H and O–H groups in total. The fourth-order valence-electron chi connectivity index (χ4n) is 2.37. The molecule has 0 amide bonds. The largest absolute Gasteiger partial charge is 0.373 e. The van der Waals surface area contributed by atoms with Crippen LogP contribution in [0.3, 0.4) is 0 Å². The van der Waals surface area contributed by atoms with E-state index in [0.29, 0.717) is 17.6 Å². The van der Waals surface area contributed by atoms with Gasteiger partial charge in [0.15, 0.2) is 5.82 Å². The Morgan fingerprint density at radius 3 is 3.06 bits per heavy atom. The van der Waals surface area contributed by atoms with E-state index in [1.54, 1.807) is 11.3 Å². The Morgan fingerprint density at radius 2 is 2.22 bits per heavy atom. The van der Waals surface area contributed by atoms with E-state index in [0.717, 1.165) is 36.1 Å². The van der Waals surface area contributed by atoms with Crippen LogP contribution in [0.25, 0.3) is 10.2 Å². The van der Waals surface area contributed by atoms with Crippen LogP contribution >= 0.6 is 22.9 Å². The van der Waals surface area contributed by atoms with Crippen molar-refractivity contribution in [2.24, 2.45) is 0 Å². The number of aromatic nitrogens is 2. The first kappa shape index (κ1) is 12.3. The Hall–Kier alpha value is -0.710. The molecule has 3 rings (SSSR count). The Morgan fingerprint density at radius 1 is 1.33 bits per heavy atom. The molecule has 0 saturated heterocycles. The summed E-state index contributed by atoms with van der Waals surface area (Å²) in [5.41, 5.74) is 1.38. The average Bonchev–Trinajstić information content (AvgIpc) is 2.88. The molecule has 1 aliphatic rings. The lowest BCUT2D eigenvalue weighted by molar-refractivity contribution is 0.116. The molecule has 2 heterocycles. The van der Waals surface area contributed by atoms with Gasteiger partial charge in [-0.2, -0.15) is 0 Å². The number of thiophene rings is 1. The third-order valence-electron chi connectivity index (χ3n) is 3.15. The molecule has 5 heteroatoms. The smallest absolute Gasteiger partial charge is 0.157 e. The summed E-state index contributed by atoms with van der Waals surface area (Å²) in [6.45, 7) is 3.27. The Labute approximate surface area is 115 Å². The van der Waals surface area contributed by atoms with Gasteiger partial charge in [0, 0.05) is 11.5 Å². The molecule has 0 unspecified atom stereocenters. The topological polar surface area (TPSA) is 35.0 Å². The summed E-state index contributed by atoms with van der Waals surface area (Å²) in [7, 11) is 0. The maximum Gasteiger partial charge on any atom is 0.157 e. The number of hydrogen-bond acceptors (Lipinski definition) is 4. The molecule has 18 heavy (non-hydrogen) atoms. The molecular weight excluding hydrogens is 268 g/mol. The summed E-state index contributed by atoms with van der Waals surface area (Å²) in [6.07, 6.45) is 4.51. The molecule has 0 aliphatic heterocycles. The third-order valence-corrected chi connectivity index (χ3v) is 4.61. The molecule has 0 radical (unpaired) electrons. The third kappa shape index (κ3) is 2.13. The molecule has 96 valence electrons. The molecule has 0 fully saturated rings. The first-order chi connectivity index (χ1) is 8.79. The lowest BCUT2D eigenvalue weighted by Crippen LogP contribution is -2.00. The van der Waals surface area contributed by atoms with Crippen molar-refractivity contribution in [3.8, 4) is 0 Å². The van der Waals surface area contributed by atoms with Gasteiger partial charge in [0.05, 0.1) is 5.39 Å². The summed E-state index contributed by atoms with van der Waals surface area (Å²) in [5.74, 6) is 0.695. The van der Waals surface area contributed by atoms with Gasteiger partial charge in [0.25, 0.3) is 0 Å². The van der Waals surface area contributed by atoms with E-state index in [9.17, 15) is 0 Å². The normalized spacial score (nSPS) is 14.3. The quantitative estimate of drug-likeness (QED) is 0.633.